The molecule has 1 aliphatic heterocycles. The number of hydrogen-bond acceptors (Lipinski definition) is 4. The molecule has 1 saturated heterocycles. The van der Waals surface area contributed by atoms with Crippen LogP contribution >= 0.6 is 11.8 Å². The first-order valence-electron chi connectivity index (χ1n) is 9.22. The standard InChI is InChI=1S/C20H30N2O3S/c1-20(2,3)25-19(24)22-12-9-17(10-13-22)18(23)21-11-14-26-15-16-7-5-4-6-8-16/h4-8,17H,9-15H2,1-3H3,(H,21,23). The summed E-state index contributed by atoms with van der Waals surface area (Å²) in [7, 11) is 0. The topological polar surface area (TPSA) is 58.6 Å². The van der Waals surface area contributed by atoms with Crippen LogP contribution in [0.2, 0.25) is 0 Å². The Hall–Kier alpha value is -1.69. The summed E-state index contributed by atoms with van der Waals surface area (Å²) in [5.74, 6) is 1.96. The molecule has 2 rings (SSSR count). The number of nitrogens with zero attached hydrogens (tertiary/aromatic N) is 1. The van der Waals surface area contributed by atoms with E-state index in [0.717, 1.165) is 11.5 Å². The molecule has 144 valence electrons. The minimum absolute atomic E-state index is 0.00666. The second kappa shape index (κ2) is 9.86. The molecule has 1 aliphatic rings. The number of nitrogens with one attached hydrogen (secondary N) is 1. The third-order valence-corrected chi connectivity index (χ3v) is 5.20. The van der Waals surface area contributed by atoms with Gasteiger partial charge in [-0.15, -0.1) is 0 Å². The van der Waals surface area contributed by atoms with Crippen LogP contribution in [0.5, 0.6) is 0 Å². The summed E-state index contributed by atoms with van der Waals surface area (Å²) in [5.41, 5.74) is 0.821. The van der Waals surface area contributed by atoms with Gasteiger partial charge in [0.1, 0.15) is 5.60 Å². The predicted octanol–water partition coefficient (Wildman–Crippen LogP) is 3.68. The molecule has 5 nitrogen and oxygen atoms in total. The Labute approximate surface area is 160 Å². The number of piperidine rings is 1. The summed E-state index contributed by atoms with van der Waals surface area (Å²) in [4.78, 5) is 26.0. The first-order chi connectivity index (χ1) is 12.3. The Morgan fingerprint density at radius 2 is 1.85 bits per heavy atom. The van der Waals surface area contributed by atoms with Gasteiger partial charge in [0, 0.05) is 37.1 Å². The highest BCUT2D eigenvalue weighted by molar-refractivity contribution is 7.98. The Kier molecular flexibility index (Phi) is 7.82. The van der Waals surface area contributed by atoms with Gasteiger partial charge in [0.05, 0.1) is 0 Å². The van der Waals surface area contributed by atoms with Gasteiger partial charge in [0.2, 0.25) is 5.91 Å². The van der Waals surface area contributed by atoms with Crippen molar-refractivity contribution in [3.63, 3.8) is 0 Å². The lowest BCUT2D eigenvalue weighted by molar-refractivity contribution is -0.126. The van der Waals surface area contributed by atoms with Crippen LogP contribution in [0, 0.1) is 5.92 Å². The molecule has 0 saturated carbocycles. The number of carbonyl (C=O) groups excluding carboxylic acids is 2. The predicted molar refractivity (Wildman–Crippen MR) is 106 cm³/mol. The lowest BCUT2D eigenvalue weighted by atomic mass is 9.96. The van der Waals surface area contributed by atoms with Crippen molar-refractivity contribution in [3.05, 3.63) is 35.9 Å². The first kappa shape index (κ1) is 20.6. The Morgan fingerprint density at radius 3 is 2.46 bits per heavy atom. The van der Waals surface area contributed by atoms with E-state index in [-0.39, 0.29) is 17.9 Å². The molecule has 26 heavy (non-hydrogen) atoms. The largest absolute Gasteiger partial charge is 0.444 e. The van der Waals surface area contributed by atoms with E-state index in [9.17, 15) is 9.59 Å². The molecular formula is C20H30N2O3S. The van der Waals surface area contributed by atoms with Crippen LogP contribution in [-0.2, 0) is 15.3 Å². The van der Waals surface area contributed by atoms with E-state index in [1.54, 1.807) is 4.90 Å². The van der Waals surface area contributed by atoms with Crippen LogP contribution in [0.25, 0.3) is 0 Å². The molecule has 0 aliphatic carbocycles. The summed E-state index contributed by atoms with van der Waals surface area (Å²) in [6.07, 6.45) is 1.11. The zero-order valence-corrected chi connectivity index (χ0v) is 16.8. The summed E-state index contributed by atoms with van der Waals surface area (Å²) in [5, 5.41) is 3.03. The molecule has 2 amide bonds. The van der Waals surface area contributed by atoms with Gasteiger partial charge in [-0.1, -0.05) is 30.3 Å². The van der Waals surface area contributed by atoms with Gasteiger partial charge in [0.25, 0.3) is 0 Å². The number of likely N-dealkylation sites (tertiary alicyclic amines) is 1. The van der Waals surface area contributed by atoms with Crippen LogP contribution in [0.3, 0.4) is 0 Å². The highest BCUT2D eigenvalue weighted by Gasteiger charge is 2.29. The van der Waals surface area contributed by atoms with Gasteiger partial charge < -0.3 is 15.0 Å². The second-order valence-corrected chi connectivity index (χ2v) is 8.68. The summed E-state index contributed by atoms with van der Waals surface area (Å²) >= 11 is 1.82. The van der Waals surface area contributed by atoms with Crippen LogP contribution < -0.4 is 5.32 Å². The maximum atomic E-state index is 12.3. The molecule has 0 aromatic heterocycles. The Bertz CT molecular complexity index is 578. The molecular weight excluding hydrogens is 348 g/mol. The van der Waals surface area contributed by atoms with Gasteiger partial charge in [0.15, 0.2) is 0 Å². The van der Waals surface area contributed by atoms with Gasteiger partial charge in [-0.25, -0.2) is 4.79 Å². The van der Waals surface area contributed by atoms with Crippen molar-refractivity contribution in [1.82, 2.24) is 10.2 Å². The average molecular weight is 379 g/mol. The Morgan fingerprint density at radius 1 is 1.19 bits per heavy atom. The van der Waals surface area contributed by atoms with Crippen molar-refractivity contribution in [2.24, 2.45) is 5.92 Å². The molecule has 0 bridgehead atoms. The van der Waals surface area contributed by atoms with Crippen molar-refractivity contribution in [2.75, 3.05) is 25.4 Å². The van der Waals surface area contributed by atoms with E-state index < -0.39 is 5.60 Å². The van der Waals surface area contributed by atoms with E-state index in [2.05, 4.69) is 17.4 Å². The average Bonchev–Trinajstić information content (AvgIpc) is 2.61. The molecule has 1 N–H and O–H groups in total. The smallest absolute Gasteiger partial charge is 0.410 e. The van der Waals surface area contributed by atoms with E-state index in [4.69, 9.17) is 4.74 Å². The fourth-order valence-electron chi connectivity index (χ4n) is 2.81. The third kappa shape index (κ3) is 7.28. The lowest BCUT2D eigenvalue weighted by Crippen LogP contribution is -2.45. The van der Waals surface area contributed by atoms with Crippen molar-refractivity contribution in [1.29, 1.82) is 0 Å². The van der Waals surface area contributed by atoms with Crippen LogP contribution in [0.15, 0.2) is 30.3 Å². The number of rotatable bonds is 6. The molecule has 1 aromatic rings. The van der Waals surface area contributed by atoms with E-state index in [0.29, 0.717) is 32.5 Å². The lowest BCUT2D eigenvalue weighted by Gasteiger charge is -2.32. The summed E-state index contributed by atoms with van der Waals surface area (Å²) in [6.45, 7) is 7.43. The molecule has 0 unspecified atom stereocenters. The number of thioether (sulfide) groups is 1. The highest BCUT2D eigenvalue weighted by atomic mass is 32.2. The van der Waals surface area contributed by atoms with Crippen molar-refractivity contribution < 1.29 is 14.3 Å². The summed E-state index contributed by atoms with van der Waals surface area (Å²) in [6, 6.07) is 10.3. The van der Waals surface area contributed by atoms with Crippen molar-refractivity contribution in [3.8, 4) is 0 Å². The number of carbonyl (C=O) groups is 2. The van der Waals surface area contributed by atoms with Gasteiger partial charge in [-0.05, 0) is 39.2 Å². The van der Waals surface area contributed by atoms with E-state index >= 15 is 0 Å². The van der Waals surface area contributed by atoms with Crippen LogP contribution in [0.1, 0.15) is 39.2 Å². The number of amides is 2. The van der Waals surface area contributed by atoms with Gasteiger partial charge in [-0.2, -0.15) is 11.8 Å². The molecule has 1 aromatic carbocycles. The fourth-order valence-corrected chi connectivity index (χ4v) is 3.62. The number of benzene rings is 1. The van der Waals surface area contributed by atoms with Crippen molar-refractivity contribution >= 4 is 23.8 Å². The van der Waals surface area contributed by atoms with E-state index in [1.807, 2.05) is 50.7 Å². The molecule has 1 fully saturated rings. The molecule has 0 spiro atoms. The fraction of sp³-hybridized carbons (Fsp3) is 0.600. The van der Waals surface area contributed by atoms with Crippen LogP contribution in [-0.4, -0.2) is 47.9 Å². The van der Waals surface area contributed by atoms with Gasteiger partial charge in [-0.3, -0.25) is 4.79 Å². The monoisotopic (exact) mass is 378 g/mol. The molecule has 6 heteroatoms. The third-order valence-electron chi connectivity index (χ3n) is 4.17. The maximum Gasteiger partial charge on any atom is 0.410 e. The van der Waals surface area contributed by atoms with Gasteiger partial charge >= 0.3 is 6.09 Å². The highest BCUT2D eigenvalue weighted by Crippen LogP contribution is 2.20. The van der Waals surface area contributed by atoms with Crippen molar-refractivity contribution in [2.45, 2.75) is 45.0 Å². The molecule has 1 heterocycles. The maximum absolute atomic E-state index is 12.3. The summed E-state index contributed by atoms with van der Waals surface area (Å²) < 4.78 is 5.38. The van der Waals surface area contributed by atoms with E-state index in [1.165, 1.54) is 5.56 Å². The quantitative estimate of drug-likeness (QED) is 0.767. The minimum atomic E-state index is -0.483. The molecule has 0 atom stereocenters. The molecule has 0 radical (unpaired) electrons. The zero-order valence-electron chi connectivity index (χ0n) is 16.0. The SMILES string of the molecule is CC(C)(C)OC(=O)N1CCC(C(=O)NCCSCc2ccccc2)CC1. The van der Waals surface area contributed by atoms with Crippen LogP contribution in [0.4, 0.5) is 4.79 Å². The normalized spacial score (nSPS) is 15.6. The second-order valence-electron chi connectivity index (χ2n) is 7.57. The Balaban J connectivity index is 1.60. The number of ether oxygens (including phenoxy) is 1. The first-order valence-corrected chi connectivity index (χ1v) is 10.4. The minimum Gasteiger partial charge on any atom is -0.444 e. The zero-order chi connectivity index (χ0) is 19.0. The number of hydrogen-bond donors (Lipinski definition) is 1.